The number of hydrogen-bond donors (Lipinski definition) is 1. The van der Waals surface area contributed by atoms with Crippen molar-refractivity contribution in [1.82, 2.24) is 15.0 Å². The monoisotopic (exact) mass is 340 g/mol. The Morgan fingerprint density at radius 3 is 2.68 bits per heavy atom. The first-order valence-electron chi connectivity index (χ1n) is 7.64. The molecule has 0 radical (unpaired) electrons. The number of nitrogens with one attached hydrogen (secondary N) is 1. The Hall–Kier alpha value is -3.22. The second-order valence-electron chi connectivity index (χ2n) is 5.52. The summed E-state index contributed by atoms with van der Waals surface area (Å²) < 4.78 is 20.4. The molecule has 0 bridgehead atoms. The summed E-state index contributed by atoms with van der Waals surface area (Å²) in [5.41, 5.74) is 2.24. The first kappa shape index (κ1) is 16.6. The molecule has 2 aromatic carbocycles. The highest BCUT2D eigenvalue weighted by Gasteiger charge is 2.19. The van der Waals surface area contributed by atoms with Crippen LogP contribution in [0.15, 0.2) is 42.5 Å². The Kier molecular flexibility index (Phi) is 4.47. The molecule has 6 nitrogen and oxygen atoms in total. The van der Waals surface area contributed by atoms with E-state index in [-0.39, 0.29) is 11.5 Å². The number of methoxy groups -OCH3 is 1. The van der Waals surface area contributed by atoms with Crippen LogP contribution in [-0.2, 0) is 0 Å². The van der Waals surface area contributed by atoms with Gasteiger partial charge in [-0.25, -0.2) is 9.07 Å². The van der Waals surface area contributed by atoms with E-state index < -0.39 is 5.91 Å². The number of rotatable bonds is 4. The highest BCUT2D eigenvalue weighted by atomic mass is 19.1. The van der Waals surface area contributed by atoms with Crippen molar-refractivity contribution in [2.75, 3.05) is 12.4 Å². The molecule has 0 saturated carbocycles. The van der Waals surface area contributed by atoms with Crippen LogP contribution < -0.4 is 10.1 Å². The van der Waals surface area contributed by atoms with Gasteiger partial charge in [0.15, 0.2) is 5.69 Å². The quantitative estimate of drug-likeness (QED) is 0.791. The molecule has 0 saturated heterocycles. The molecule has 0 atom stereocenters. The molecule has 1 aromatic heterocycles. The number of aryl methyl sites for hydroxylation is 1. The Balaban J connectivity index is 1.90. The van der Waals surface area contributed by atoms with Gasteiger partial charge in [0.05, 0.1) is 24.2 Å². The Labute approximate surface area is 144 Å². The molecular weight excluding hydrogens is 323 g/mol. The molecule has 1 amide bonds. The van der Waals surface area contributed by atoms with Gasteiger partial charge in [0, 0.05) is 0 Å². The van der Waals surface area contributed by atoms with Crippen molar-refractivity contribution in [2.45, 2.75) is 13.8 Å². The normalized spacial score (nSPS) is 10.6. The predicted molar refractivity (Wildman–Crippen MR) is 91.7 cm³/mol. The van der Waals surface area contributed by atoms with Gasteiger partial charge in [-0.05, 0) is 43.7 Å². The maximum Gasteiger partial charge on any atom is 0.278 e. The maximum atomic E-state index is 13.8. The number of benzene rings is 2. The van der Waals surface area contributed by atoms with Crippen molar-refractivity contribution in [2.24, 2.45) is 0 Å². The van der Waals surface area contributed by atoms with Crippen molar-refractivity contribution in [1.29, 1.82) is 0 Å². The van der Waals surface area contributed by atoms with Crippen molar-refractivity contribution in [3.8, 4) is 11.4 Å². The Bertz CT molecular complexity index is 937. The number of ether oxygens (including phenoxy) is 1. The van der Waals surface area contributed by atoms with Crippen LogP contribution in [0.3, 0.4) is 0 Å². The van der Waals surface area contributed by atoms with Crippen molar-refractivity contribution < 1.29 is 13.9 Å². The number of aromatic nitrogens is 3. The largest absolute Gasteiger partial charge is 0.495 e. The van der Waals surface area contributed by atoms with Gasteiger partial charge in [-0.2, -0.15) is 0 Å². The third-order valence-corrected chi connectivity index (χ3v) is 3.86. The van der Waals surface area contributed by atoms with Crippen molar-refractivity contribution >= 4 is 11.6 Å². The van der Waals surface area contributed by atoms with Crippen LogP contribution >= 0.6 is 0 Å². The SMILES string of the molecule is COc1ccccc1NC(=O)c1nnn(-c2ccc(C)c(F)c2)c1C. The van der Waals surface area contributed by atoms with Crippen molar-refractivity contribution in [3.63, 3.8) is 0 Å². The summed E-state index contributed by atoms with van der Waals surface area (Å²) >= 11 is 0. The standard InChI is InChI=1S/C18H17FN4O2/c1-11-8-9-13(10-14(11)19)23-12(2)17(21-22-23)18(24)20-15-6-4-5-7-16(15)25-3/h4-10H,1-3H3,(H,20,24). The molecule has 25 heavy (non-hydrogen) atoms. The summed E-state index contributed by atoms with van der Waals surface area (Å²) in [4.78, 5) is 12.5. The zero-order valence-electron chi connectivity index (χ0n) is 14.1. The molecule has 3 aromatic rings. The predicted octanol–water partition coefficient (Wildman–Crippen LogP) is 3.28. The molecule has 3 rings (SSSR count). The van der Waals surface area contributed by atoms with Crippen LogP contribution in [0.1, 0.15) is 21.7 Å². The molecule has 128 valence electrons. The fourth-order valence-corrected chi connectivity index (χ4v) is 2.43. The lowest BCUT2D eigenvalue weighted by atomic mass is 10.2. The number of halogens is 1. The molecule has 0 aliphatic rings. The summed E-state index contributed by atoms with van der Waals surface area (Å²) in [5, 5.41) is 10.7. The molecule has 0 spiro atoms. The van der Waals surface area contributed by atoms with Gasteiger partial charge in [-0.1, -0.05) is 23.4 Å². The second kappa shape index (κ2) is 6.72. The van der Waals surface area contributed by atoms with E-state index in [0.29, 0.717) is 28.4 Å². The summed E-state index contributed by atoms with van der Waals surface area (Å²) in [7, 11) is 1.53. The van der Waals surface area contributed by atoms with E-state index in [1.807, 2.05) is 6.07 Å². The summed E-state index contributed by atoms with van der Waals surface area (Å²) in [6.07, 6.45) is 0. The van der Waals surface area contributed by atoms with Crippen LogP contribution in [-0.4, -0.2) is 28.0 Å². The number of para-hydroxylation sites is 2. The van der Waals surface area contributed by atoms with Crippen LogP contribution in [0, 0.1) is 19.7 Å². The number of amides is 1. The fourth-order valence-electron chi connectivity index (χ4n) is 2.43. The van der Waals surface area contributed by atoms with E-state index in [0.717, 1.165) is 0 Å². The fraction of sp³-hybridized carbons (Fsp3) is 0.167. The van der Waals surface area contributed by atoms with E-state index in [1.165, 1.54) is 17.9 Å². The lowest BCUT2D eigenvalue weighted by Crippen LogP contribution is -2.14. The van der Waals surface area contributed by atoms with Crippen LogP contribution in [0.25, 0.3) is 5.69 Å². The summed E-state index contributed by atoms with van der Waals surface area (Å²) in [6, 6.07) is 11.8. The average molecular weight is 340 g/mol. The number of anilines is 1. The minimum atomic E-state index is -0.416. The van der Waals surface area contributed by atoms with Gasteiger partial charge in [-0.3, -0.25) is 4.79 Å². The molecule has 0 unspecified atom stereocenters. The molecule has 1 heterocycles. The minimum absolute atomic E-state index is 0.159. The zero-order chi connectivity index (χ0) is 18.0. The smallest absolute Gasteiger partial charge is 0.278 e. The summed E-state index contributed by atoms with van der Waals surface area (Å²) in [6.45, 7) is 3.38. The zero-order valence-corrected chi connectivity index (χ0v) is 14.1. The number of hydrogen-bond acceptors (Lipinski definition) is 4. The van der Waals surface area contributed by atoms with Crippen LogP contribution in [0.2, 0.25) is 0 Å². The molecule has 0 aliphatic heterocycles. The number of carbonyl (C=O) groups is 1. The Morgan fingerprint density at radius 2 is 1.96 bits per heavy atom. The maximum absolute atomic E-state index is 13.8. The third kappa shape index (κ3) is 3.21. The van der Waals surface area contributed by atoms with E-state index in [1.54, 1.807) is 44.2 Å². The van der Waals surface area contributed by atoms with Crippen LogP contribution in [0.4, 0.5) is 10.1 Å². The first-order valence-corrected chi connectivity index (χ1v) is 7.64. The van der Waals surface area contributed by atoms with E-state index in [2.05, 4.69) is 15.6 Å². The second-order valence-corrected chi connectivity index (χ2v) is 5.52. The highest BCUT2D eigenvalue weighted by molar-refractivity contribution is 6.04. The van der Waals surface area contributed by atoms with Gasteiger partial charge in [-0.15, -0.1) is 5.10 Å². The van der Waals surface area contributed by atoms with Gasteiger partial charge in [0.2, 0.25) is 0 Å². The van der Waals surface area contributed by atoms with Gasteiger partial charge in [0.25, 0.3) is 5.91 Å². The van der Waals surface area contributed by atoms with Crippen LogP contribution in [0.5, 0.6) is 5.75 Å². The van der Waals surface area contributed by atoms with E-state index in [9.17, 15) is 9.18 Å². The molecule has 1 N–H and O–H groups in total. The van der Waals surface area contributed by atoms with E-state index >= 15 is 0 Å². The average Bonchev–Trinajstić information content (AvgIpc) is 2.99. The molecule has 7 heteroatoms. The lowest BCUT2D eigenvalue weighted by molar-refractivity contribution is 0.102. The number of nitrogens with zero attached hydrogens (tertiary/aromatic N) is 3. The topological polar surface area (TPSA) is 69.0 Å². The van der Waals surface area contributed by atoms with E-state index in [4.69, 9.17) is 4.74 Å². The third-order valence-electron chi connectivity index (χ3n) is 3.86. The minimum Gasteiger partial charge on any atom is -0.495 e. The molecule has 0 fully saturated rings. The van der Waals surface area contributed by atoms with Gasteiger partial charge < -0.3 is 10.1 Å². The Morgan fingerprint density at radius 1 is 1.20 bits per heavy atom. The lowest BCUT2D eigenvalue weighted by Gasteiger charge is -2.09. The number of carbonyl (C=O) groups excluding carboxylic acids is 1. The summed E-state index contributed by atoms with van der Waals surface area (Å²) in [5.74, 6) is -0.213. The van der Waals surface area contributed by atoms with Gasteiger partial charge >= 0.3 is 0 Å². The highest BCUT2D eigenvalue weighted by Crippen LogP contribution is 2.24. The molecule has 0 aliphatic carbocycles. The van der Waals surface area contributed by atoms with Crippen molar-refractivity contribution in [3.05, 3.63) is 65.2 Å². The molecular formula is C18H17FN4O2. The van der Waals surface area contributed by atoms with Gasteiger partial charge in [0.1, 0.15) is 11.6 Å². The first-order chi connectivity index (χ1) is 12.0.